The van der Waals surface area contributed by atoms with Gasteiger partial charge in [-0.25, -0.2) is 8.42 Å². The van der Waals surface area contributed by atoms with E-state index in [2.05, 4.69) is 0 Å². The van der Waals surface area contributed by atoms with E-state index in [1.807, 2.05) is 50.4 Å². The van der Waals surface area contributed by atoms with Crippen LogP contribution in [-0.2, 0) is 16.4 Å². The van der Waals surface area contributed by atoms with Crippen LogP contribution in [0.1, 0.15) is 38.5 Å². The van der Waals surface area contributed by atoms with E-state index < -0.39 is 9.84 Å². The summed E-state index contributed by atoms with van der Waals surface area (Å²) in [5.41, 5.74) is 3.69. The van der Waals surface area contributed by atoms with Gasteiger partial charge in [0.2, 0.25) is 0 Å². The Morgan fingerprint density at radius 3 is 2.68 bits per heavy atom. The molecule has 0 saturated carbocycles. The van der Waals surface area contributed by atoms with Crippen LogP contribution in [0.3, 0.4) is 0 Å². The lowest BCUT2D eigenvalue weighted by atomic mass is 10.1. The van der Waals surface area contributed by atoms with Gasteiger partial charge >= 0.3 is 0 Å². The van der Waals surface area contributed by atoms with Crippen LogP contribution in [0, 0.1) is 20.8 Å². The second-order valence-electron chi connectivity index (χ2n) is 7.57. The summed E-state index contributed by atoms with van der Waals surface area (Å²) in [6.07, 6.45) is 0.469. The number of rotatable bonds is 4. The van der Waals surface area contributed by atoms with Crippen molar-refractivity contribution >= 4 is 38.1 Å². The minimum Gasteiger partial charge on any atom is -0.451 e. The first-order valence-electron chi connectivity index (χ1n) is 9.29. The molecule has 1 saturated heterocycles. The van der Waals surface area contributed by atoms with Crippen LogP contribution >= 0.6 is 11.3 Å². The topological polar surface area (TPSA) is 67.6 Å². The predicted molar refractivity (Wildman–Crippen MR) is 112 cm³/mol. The number of amides is 1. The van der Waals surface area contributed by atoms with Gasteiger partial charge in [-0.3, -0.25) is 4.79 Å². The maximum atomic E-state index is 13.5. The maximum absolute atomic E-state index is 13.5. The van der Waals surface area contributed by atoms with E-state index in [9.17, 15) is 13.2 Å². The van der Waals surface area contributed by atoms with Crippen molar-refractivity contribution in [2.75, 3.05) is 11.5 Å². The van der Waals surface area contributed by atoms with E-state index in [0.717, 1.165) is 27.0 Å². The fourth-order valence-corrected chi connectivity index (χ4v) is 6.41. The molecular weight excluding hydrogens is 394 g/mol. The maximum Gasteiger partial charge on any atom is 0.290 e. The van der Waals surface area contributed by atoms with Crippen molar-refractivity contribution in [3.05, 3.63) is 57.0 Å². The molecule has 1 atom stereocenters. The number of carbonyl (C=O) groups excluding carboxylic acids is 1. The van der Waals surface area contributed by atoms with Crippen LogP contribution in [0.2, 0.25) is 0 Å². The lowest BCUT2D eigenvalue weighted by Crippen LogP contribution is -2.40. The molecule has 0 bridgehead atoms. The second kappa shape index (κ2) is 7.04. The summed E-state index contributed by atoms with van der Waals surface area (Å²) in [5, 5.41) is 2.92. The Bertz CT molecular complexity index is 1160. The number of thiophene rings is 1. The van der Waals surface area contributed by atoms with Crippen LogP contribution in [0.15, 0.2) is 34.1 Å². The molecule has 3 heterocycles. The van der Waals surface area contributed by atoms with E-state index in [1.54, 1.807) is 16.2 Å². The average molecular weight is 418 g/mol. The molecule has 0 spiro atoms. The van der Waals surface area contributed by atoms with Crippen LogP contribution in [-0.4, -0.2) is 36.8 Å². The predicted octanol–water partition coefficient (Wildman–Crippen LogP) is 4.25. The molecule has 1 aliphatic heterocycles. The molecule has 3 aromatic rings. The van der Waals surface area contributed by atoms with E-state index >= 15 is 0 Å². The summed E-state index contributed by atoms with van der Waals surface area (Å²) >= 11 is 1.59. The lowest BCUT2D eigenvalue weighted by molar-refractivity contribution is 0.0651. The van der Waals surface area contributed by atoms with E-state index in [-0.39, 0.29) is 23.5 Å². The summed E-state index contributed by atoms with van der Waals surface area (Å²) in [4.78, 5) is 16.3. The molecule has 148 valence electrons. The summed E-state index contributed by atoms with van der Waals surface area (Å²) in [6.45, 7) is 6.30. The Hall–Kier alpha value is -2.12. The number of hydrogen-bond acceptors (Lipinski definition) is 5. The normalized spacial score (nSPS) is 18.6. The van der Waals surface area contributed by atoms with Crippen LogP contribution in [0.25, 0.3) is 11.0 Å². The average Bonchev–Trinajstić information content (AvgIpc) is 3.30. The number of hydrogen-bond donors (Lipinski definition) is 0. The van der Waals surface area contributed by atoms with E-state index in [0.29, 0.717) is 24.3 Å². The number of furan rings is 1. The molecule has 5 nitrogen and oxygen atoms in total. The monoisotopic (exact) mass is 417 g/mol. The summed E-state index contributed by atoms with van der Waals surface area (Å²) in [6, 6.07) is 7.54. The molecule has 1 amide bonds. The number of aryl methyl sites for hydroxylation is 3. The van der Waals surface area contributed by atoms with Gasteiger partial charge in [-0.05, 0) is 56.3 Å². The SMILES string of the molecule is Cc1ccc2oc(C(=O)N(Cc3sccc3C)[C@H]3CCS(=O)(=O)C3)c(C)c2c1. The van der Waals surface area contributed by atoms with Crippen molar-refractivity contribution in [1.82, 2.24) is 4.90 Å². The largest absolute Gasteiger partial charge is 0.451 e. The highest BCUT2D eigenvalue weighted by atomic mass is 32.2. The van der Waals surface area contributed by atoms with Crippen molar-refractivity contribution in [2.24, 2.45) is 0 Å². The van der Waals surface area contributed by atoms with E-state index in [1.165, 1.54) is 0 Å². The van der Waals surface area contributed by atoms with Crippen molar-refractivity contribution in [2.45, 2.75) is 39.8 Å². The molecule has 0 unspecified atom stereocenters. The smallest absolute Gasteiger partial charge is 0.290 e. The Labute approximate surface area is 168 Å². The summed E-state index contributed by atoms with van der Waals surface area (Å²) in [7, 11) is -3.11. The molecule has 2 aromatic heterocycles. The van der Waals surface area contributed by atoms with Gasteiger partial charge in [-0.2, -0.15) is 0 Å². The highest BCUT2D eigenvalue weighted by molar-refractivity contribution is 7.91. The van der Waals surface area contributed by atoms with Gasteiger partial charge < -0.3 is 9.32 Å². The lowest BCUT2D eigenvalue weighted by Gasteiger charge is -2.27. The fraction of sp³-hybridized carbons (Fsp3) is 0.381. The first kappa shape index (κ1) is 19.2. The van der Waals surface area contributed by atoms with Crippen LogP contribution in [0.4, 0.5) is 0 Å². The molecular formula is C21H23NO4S2. The van der Waals surface area contributed by atoms with Gasteiger partial charge in [0.25, 0.3) is 5.91 Å². The van der Waals surface area contributed by atoms with E-state index in [4.69, 9.17) is 4.42 Å². The van der Waals surface area contributed by atoms with Crippen molar-refractivity contribution in [3.8, 4) is 0 Å². The van der Waals surface area contributed by atoms with Gasteiger partial charge in [0, 0.05) is 21.9 Å². The third-order valence-corrected chi connectivity index (χ3v) is 8.24. The van der Waals surface area contributed by atoms with Crippen molar-refractivity contribution in [1.29, 1.82) is 0 Å². The standard InChI is InChI=1S/C21H23NO4S2/c1-13-4-5-18-17(10-13)15(3)20(26-18)21(23)22(11-19-14(2)6-8-27-19)16-7-9-28(24,25)12-16/h4-6,8,10,16H,7,9,11-12H2,1-3H3/t16-/m0/s1. The van der Waals surface area contributed by atoms with Gasteiger partial charge in [0.1, 0.15) is 5.58 Å². The van der Waals surface area contributed by atoms with Crippen LogP contribution < -0.4 is 0 Å². The Morgan fingerprint density at radius 2 is 2.04 bits per heavy atom. The minimum atomic E-state index is -3.11. The summed E-state index contributed by atoms with van der Waals surface area (Å²) < 4.78 is 30.0. The highest BCUT2D eigenvalue weighted by Crippen LogP contribution is 2.30. The third kappa shape index (κ3) is 3.49. The molecule has 28 heavy (non-hydrogen) atoms. The van der Waals surface area contributed by atoms with Gasteiger partial charge in [-0.1, -0.05) is 11.6 Å². The molecule has 1 aromatic carbocycles. The first-order valence-corrected chi connectivity index (χ1v) is 12.0. The van der Waals surface area contributed by atoms with Gasteiger partial charge in [0.15, 0.2) is 15.6 Å². The molecule has 0 N–H and O–H groups in total. The highest BCUT2D eigenvalue weighted by Gasteiger charge is 2.37. The Morgan fingerprint density at radius 1 is 1.25 bits per heavy atom. The van der Waals surface area contributed by atoms with Crippen molar-refractivity contribution < 1.29 is 17.6 Å². The molecule has 1 aliphatic rings. The second-order valence-corrected chi connectivity index (χ2v) is 10.8. The minimum absolute atomic E-state index is 0.0154. The zero-order chi connectivity index (χ0) is 20.1. The molecule has 4 rings (SSSR count). The fourth-order valence-electron chi connectivity index (χ4n) is 3.78. The molecule has 0 radical (unpaired) electrons. The summed E-state index contributed by atoms with van der Waals surface area (Å²) in [5.74, 6) is 0.213. The van der Waals surface area contributed by atoms with Crippen LogP contribution in [0.5, 0.6) is 0 Å². The zero-order valence-corrected chi connectivity index (χ0v) is 17.8. The number of fused-ring (bicyclic) bond motifs is 1. The van der Waals surface area contributed by atoms with Crippen molar-refractivity contribution in [3.63, 3.8) is 0 Å². The third-order valence-electron chi connectivity index (χ3n) is 5.48. The Kier molecular flexibility index (Phi) is 4.83. The number of nitrogens with zero attached hydrogens (tertiary/aromatic N) is 1. The number of benzene rings is 1. The zero-order valence-electron chi connectivity index (χ0n) is 16.2. The Balaban J connectivity index is 1.74. The number of carbonyl (C=O) groups is 1. The molecule has 7 heteroatoms. The molecule has 1 fully saturated rings. The number of sulfone groups is 1. The van der Waals surface area contributed by atoms with Gasteiger partial charge in [0.05, 0.1) is 18.1 Å². The quantitative estimate of drug-likeness (QED) is 0.636. The van der Waals surface area contributed by atoms with Gasteiger partial charge in [-0.15, -0.1) is 11.3 Å². The first-order chi connectivity index (χ1) is 13.2. The molecule has 0 aliphatic carbocycles.